The average Bonchev–Trinajstić information content (AvgIpc) is 2.93. The molecule has 0 heterocycles. The Morgan fingerprint density at radius 2 is 1.57 bits per heavy atom. The Morgan fingerprint density at radius 3 is 2.12 bits per heavy atom. The topological polar surface area (TPSA) is 96.0 Å². The van der Waals surface area contributed by atoms with Crippen molar-refractivity contribution in [1.82, 2.24) is 10.2 Å². The van der Waals surface area contributed by atoms with Gasteiger partial charge in [0, 0.05) is 35.1 Å². The van der Waals surface area contributed by atoms with Crippen LogP contribution in [-0.2, 0) is 32.6 Å². The summed E-state index contributed by atoms with van der Waals surface area (Å²) in [5.74, 6) is -0.420. The van der Waals surface area contributed by atoms with Gasteiger partial charge in [-0.15, -0.1) is 0 Å². The van der Waals surface area contributed by atoms with Crippen molar-refractivity contribution >= 4 is 50.7 Å². The van der Waals surface area contributed by atoms with Crippen molar-refractivity contribution < 1.29 is 22.7 Å². The summed E-state index contributed by atoms with van der Waals surface area (Å²) in [6, 6.07) is 19.6. The van der Waals surface area contributed by atoms with Gasteiger partial charge in [-0.1, -0.05) is 66.5 Å². The summed E-state index contributed by atoms with van der Waals surface area (Å²) in [6.07, 6.45) is 1.92. The molecule has 0 bridgehead atoms. The minimum absolute atomic E-state index is 0.103. The van der Waals surface area contributed by atoms with Crippen molar-refractivity contribution in [3.8, 4) is 5.75 Å². The molecule has 0 radical (unpaired) electrons. The Bertz CT molecular complexity index is 1380. The molecule has 0 saturated heterocycles. The van der Waals surface area contributed by atoms with Crippen LogP contribution in [0.5, 0.6) is 5.75 Å². The lowest BCUT2D eigenvalue weighted by Crippen LogP contribution is -2.53. The number of halogens is 2. The smallest absolute Gasteiger partial charge is 0.244 e. The lowest BCUT2D eigenvalue weighted by molar-refractivity contribution is -0.140. The molecule has 0 aliphatic heterocycles. The molecule has 1 atom stereocenters. The van der Waals surface area contributed by atoms with Gasteiger partial charge in [0.1, 0.15) is 18.3 Å². The highest BCUT2D eigenvalue weighted by atomic mass is 35.5. The van der Waals surface area contributed by atoms with Crippen molar-refractivity contribution in [2.24, 2.45) is 0 Å². The molecule has 0 spiro atoms. The number of benzene rings is 3. The molecule has 0 fully saturated rings. The fraction of sp³-hybridized carbons (Fsp3) is 0.310. The summed E-state index contributed by atoms with van der Waals surface area (Å²) in [5, 5.41) is 3.54. The first-order chi connectivity index (χ1) is 19.0. The number of carbonyl (C=O) groups is 2. The standard InChI is InChI=1S/C29H33Cl2N3O5S/c1-4-17-32-29(36)27(18-21-9-6-5-7-10-21)33(19-24-25(30)11-8-12-26(24)31)28(35)20-34(40(3,37)38)22-13-15-23(39-2)16-14-22/h5-16,27H,4,17-20H2,1-3H3,(H,32,36). The number of hydrogen-bond acceptors (Lipinski definition) is 5. The van der Waals surface area contributed by atoms with E-state index in [0.717, 1.165) is 16.1 Å². The van der Waals surface area contributed by atoms with Gasteiger partial charge in [-0.3, -0.25) is 13.9 Å². The second-order valence-corrected chi connectivity index (χ2v) is 11.9. The van der Waals surface area contributed by atoms with Gasteiger partial charge in [-0.25, -0.2) is 8.42 Å². The largest absolute Gasteiger partial charge is 0.497 e. The molecule has 2 amide bonds. The lowest BCUT2D eigenvalue weighted by Gasteiger charge is -2.34. The molecule has 1 N–H and O–H groups in total. The zero-order chi connectivity index (χ0) is 29.3. The van der Waals surface area contributed by atoms with Gasteiger partial charge in [0.25, 0.3) is 0 Å². The van der Waals surface area contributed by atoms with Crippen molar-refractivity contribution in [3.63, 3.8) is 0 Å². The third kappa shape index (κ3) is 8.36. The van der Waals surface area contributed by atoms with Gasteiger partial charge in [0.15, 0.2) is 0 Å². The Hall–Kier alpha value is -3.27. The van der Waals surface area contributed by atoms with Crippen LogP contribution < -0.4 is 14.4 Å². The first-order valence-electron chi connectivity index (χ1n) is 12.7. The molecule has 3 aromatic rings. The van der Waals surface area contributed by atoms with E-state index in [0.29, 0.717) is 34.3 Å². The van der Waals surface area contributed by atoms with E-state index in [-0.39, 0.29) is 24.6 Å². The van der Waals surface area contributed by atoms with Crippen LogP contribution in [-0.4, -0.2) is 57.6 Å². The third-order valence-corrected chi connectivity index (χ3v) is 8.10. The minimum atomic E-state index is -3.88. The van der Waals surface area contributed by atoms with E-state index in [1.54, 1.807) is 42.5 Å². The van der Waals surface area contributed by atoms with E-state index in [4.69, 9.17) is 27.9 Å². The minimum Gasteiger partial charge on any atom is -0.497 e. The molecule has 0 aliphatic rings. The molecule has 3 rings (SSSR count). The van der Waals surface area contributed by atoms with Crippen molar-refractivity contribution in [3.05, 3.63) is 94.0 Å². The summed E-state index contributed by atoms with van der Waals surface area (Å²) in [6.45, 7) is 1.70. The first kappa shape index (κ1) is 31.3. The number of ether oxygens (including phenoxy) is 1. The fourth-order valence-electron chi connectivity index (χ4n) is 4.14. The SMILES string of the molecule is CCCNC(=O)C(Cc1ccccc1)N(Cc1c(Cl)cccc1Cl)C(=O)CN(c1ccc(OC)cc1)S(C)(=O)=O. The summed E-state index contributed by atoms with van der Waals surface area (Å²) in [4.78, 5) is 28.9. The Morgan fingerprint density at radius 1 is 0.950 bits per heavy atom. The fourth-order valence-corrected chi connectivity index (χ4v) is 5.50. The molecule has 214 valence electrons. The molecule has 0 aromatic heterocycles. The molecule has 40 heavy (non-hydrogen) atoms. The second kappa shape index (κ2) is 14.4. The van der Waals surface area contributed by atoms with Crippen LogP contribution in [0.2, 0.25) is 10.0 Å². The monoisotopic (exact) mass is 605 g/mol. The van der Waals surface area contributed by atoms with Crippen LogP contribution in [0.1, 0.15) is 24.5 Å². The summed E-state index contributed by atoms with van der Waals surface area (Å²) < 4.78 is 31.9. The van der Waals surface area contributed by atoms with Crippen molar-refractivity contribution in [2.75, 3.05) is 30.8 Å². The Kier molecular flexibility index (Phi) is 11.2. The Labute approximate surface area is 245 Å². The highest BCUT2D eigenvalue weighted by Gasteiger charge is 2.33. The highest BCUT2D eigenvalue weighted by Crippen LogP contribution is 2.28. The summed E-state index contributed by atoms with van der Waals surface area (Å²) in [7, 11) is -2.38. The molecule has 0 aliphatic carbocycles. The number of sulfonamides is 1. The van der Waals surface area contributed by atoms with E-state index in [9.17, 15) is 18.0 Å². The molecular weight excluding hydrogens is 573 g/mol. The van der Waals surface area contributed by atoms with E-state index in [2.05, 4.69) is 5.32 Å². The second-order valence-electron chi connectivity index (χ2n) is 9.19. The Balaban J connectivity index is 2.07. The predicted molar refractivity (Wildman–Crippen MR) is 159 cm³/mol. The molecule has 1 unspecified atom stereocenters. The number of hydrogen-bond donors (Lipinski definition) is 1. The maximum Gasteiger partial charge on any atom is 0.244 e. The number of anilines is 1. The lowest BCUT2D eigenvalue weighted by atomic mass is 10.0. The van der Waals surface area contributed by atoms with E-state index in [1.807, 2.05) is 37.3 Å². The molecule has 8 nitrogen and oxygen atoms in total. The number of carbonyl (C=O) groups excluding carboxylic acids is 2. The average molecular weight is 607 g/mol. The van der Waals surface area contributed by atoms with Gasteiger partial charge in [-0.2, -0.15) is 0 Å². The zero-order valence-electron chi connectivity index (χ0n) is 22.6. The van der Waals surface area contributed by atoms with Gasteiger partial charge in [0.05, 0.1) is 19.1 Å². The molecular formula is C29H33Cl2N3O5S. The van der Waals surface area contributed by atoms with Crippen LogP contribution in [0.3, 0.4) is 0 Å². The van der Waals surface area contributed by atoms with E-state index >= 15 is 0 Å². The van der Waals surface area contributed by atoms with Crippen LogP contribution in [0.4, 0.5) is 5.69 Å². The van der Waals surface area contributed by atoms with Gasteiger partial charge >= 0.3 is 0 Å². The zero-order valence-corrected chi connectivity index (χ0v) is 25.0. The van der Waals surface area contributed by atoms with Crippen LogP contribution in [0.25, 0.3) is 0 Å². The number of amides is 2. The van der Waals surface area contributed by atoms with Crippen LogP contribution >= 0.6 is 23.2 Å². The predicted octanol–water partition coefficient (Wildman–Crippen LogP) is 4.93. The maximum atomic E-state index is 14.1. The van der Waals surface area contributed by atoms with E-state index in [1.165, 1.54) is 12.0 Å². The number of rotatable bonds is 13. The number of nitrogens with one attached hydrogen (secondary N) is 1. The van der Waals surface area contributed by atoms with E-state index < -0.39 is 28.5 Å². The van der Waals surface area contributed by atoms with Gasteiger partial charge in [-0.05, 0) is 48.4 Å². The van der Waals surface area contributed by atoms with Crippen LogP contribution in [0.15, 0.2) is 72.8 Å². The summed E-state index contributed by atoms with van der Waals surface area (Å²) in [5.41, 5.74) is 1.57. The normalized spacial score (nSPS) is 11.9. The molecule has 11 heteroatoms. The third-order valence-electron chi connectivity index (χ3n) is 6.25. The first-order valence-corrected chi connectivity index (χ1v) is 15.3. The quantitative estimate of drug-likeness (QED) is 0.298. The number of methoxy groups -OCH3 is 1. The molecule has 3 aromatic carbocycles. The highest BCUT2D eigenvalue weighted by molar-refractivity contribution is 7.92. The van der Waals surface area contributed by atoms with Crippen LogP contribution in [0, 0.1) is 0 Å². The van der Waals surface area contributed by atoms with Crippen molar-refractivity contribution in [1.29, 1.82) is 0 Å². The van der Waals surface area contributed by atoms with Gasteiger partial charge < -0.3 is 15.0 Å². The van der Waals surface area contributed by atoms with Gasteiger partial charge in [0.2, 0.25) is 21.8 Å². The number of nitrogens with zero attached hydrogens (tertiary/aromatic N) is 2. The van der Waals surface area contributed by atoms with Crippen molar-refractivity contribution in [2.45, 2.75) is 32.4 Å². The maximum absolute atomic E-state index is 14.1. The molecule has 0 saturated carbocycles. The summed E-state index contributed by atoms with van der Waals surface area (Å²) >= 11 is 12.9.